The maximum Gasteiger partial charge on any atom is 0.181 e. The normalized spacial score (nSPS) is 10.5. The van der Waals surface area contributed by atoms with E-state index in [1.54, 1.807) is 30.2 Å². The number of hydrogen-bond donors (Lipinski definition) is 0. The van der Waals surface area contributed by atoms with Crippen molar-refractivity contribution in [2.24, 2.45) is 7.05 Å². The Labute approximate surface area is 94.1 Å². The Morgan fingerprint density at radius 3 is 2.79 bits per heavy atom. The third-order valence-electron chi connectivity index (χ3n) is 1.78. The molecular formula is C9H7FIN3. The molecule has 0 N–H and O–H groups in total. The molecule has 0 amide bonds. The summed E-state index contributed by atoms with van der Waals surface area (Å²) in [6, 6.07) is 4.96. The van der Waals surface area contributed by atoms with E-state index in [0.29, 0.717) is 15.0 Å². The van der Waals surface area contributed by atoms with Crippen LogP contribution in [0.1, 0.15) is 0 Å². The molecule has 1 aromatic carbocycles. The Morgan fingerprint density at radius 1 is 1.43 bits per heavy atom. The van der Waals surface area contributed by atoms with Crippen LogP contribution in [0.2, 0.25) is 0 Å². The summed E-state index contributed by atoms with van der Waals surface area (Å²) in [7, 11) is 1.78. The minimum Gasteiger partial charge on any atom is -0.255 e. The summed E-state index contributed by atoms with van der Waals surface area (Å²) in [6.45, 7) is 0. The van der Waals surface area contributed by atoms with Crippen LogP contribution in [0.15, 0.2) is 24.5 Å². The van der Waals surface area contributed by atoms with Gasteiger partial charge in [0.15, 0.2) is 5.82 Å². The maximum atomic E-state index is 13.2. The van der Waals surface area contributed by atoms with E-state index in [2.05, 4.69) is 10.1 Å². The van der Waals surface area contributed by atoms with Gasteiger partial charge in [-0.15, -0.1) is 0 Å². The molecule has 3 nitrogen and oxygen atoms in total. The Morgan fingerprint density at radius 2 is 2.21 bits per heavy atom. The van der Waals surface area contributed by atoms with Crippen LogP contribution in [0.3, 0.4) is 0 Å². The minimum absolute atomic E-state index is 0.240. The molecule has 0 saturated carbocycles. The lowest BCUT2D eigenvalue weighted by Crippen LogP contribution is -1.89. The number of rotatable bonds is 1. The van der Waals surface area contributed by atoms with Crippen molar-refractivity contribution in [1.29, 1.82) is 0 Å². The molecule has 0 spiro atoms. The summed E-state index contributed by atoms with van der Waals surface area (Å²) in [5, 5.41) is 4.09. The molecule has 0 fully saturated rings. The van der Waals surface area contributed by atoms with Crippen LogP contribution in [0, 0.1) is 9.39 Å². The highest BCUT2D eigenvalue weighted by Gasteiger charge is 2.05. The number of hydrogen-bond acceptors (Lipinski definition) is 2. The smallest absolute Gasteiger partial charge is 0.181 e. The molecule has 0 bridgehead atoms. The van der Waals surface area contributed by atoms with Gasteiger partial charge in [0.2, 0.25) is 0 Å². The van der Waals surface area contributed by atoms with Gasteiger partial charge in [0.05, 0.1) is 0 Å². The zero-order chi connectivity index (χ0) is 10.1. The molecule has 0 saturated heterocycles. The summed E-state index contributed by atoms with van der Waals surface area (Å²) in [5.74, 6) is 0.304. The van der Waals surface area contributed by atoms with E-state index in [0.717, 1.165) is 0 Å². The molecule has 2 aromatic rings. The summed E-state index contributed by atoms with van der Waals surface area (Å²) in [6.07, 6.45) is 1.59. The first kappa shape index (κ1) is 9.57. The first-order valence-corrected chi connectivity index (χ1v) is 5.06. The number of benzene rings is 1. The number of halogens is 2. The van der Waals surface area contributed by atoms with E-state index < -0.39 is 0 Å². The van der Waals surface area contributed by atoms with Gasteiger partial charge in [-0.1, -0.05) is 0 Å². The molecule has 72 valence electrons. The topological polar surface area (TPSA) is 30.7 Å². The highest BCUT2D eigenvalue weighted by Crippen LogP contribution is 2.19. The SMILES string of the molecule is Cn1cnc(-c2ccc(I)c(F)c2)n1. The van der Waals surface area contributed by atoms with E-state index in [1.807, 2.05) is 22.6 Å². The van der Waals surface area contributed by atoms with Gasteiger partial charge in [-0.25, -0.2) is 9.37 Å². The van der Waals surface area contributed by atoms with Gasteiger partial charge >= 0.3 is 0 Å². The number of nitrogens with zero attached hydrogens (tertiary/aromatic N) is 3. The van der Waals surface area contributed by atoms with Crippen molar-refractivity contribution in [1.82, 2.24) is 14.8 Å². The molecule has 5 heteroatoms. The minimum atomic E-state index is -0.240. The molecule has 1 aromatic heterocycles. The molecule has 0 aliphatic heterocycles. The van der Waals surface area contributed by atoms with Gasteiger partial charge in [-0.2, -0.15) is 5.10 Å². The third kappa shape index (κ3) is 1.77. The van der Waals surface area contributed by atoms with E-state index in [4.69, 9.17) is 0 Å². The summed E-state index contributed by atoms with van der Waals surface area (Å²) in [4.78, 5) is 4.04. The Kier molecular flexibility index (Phi) is 2.49. The molecule has 0 aliphatic carbocycles. The van der Waals surface area contributed by atoms with Crippen LogP contribution in [-0.4, -0.2) is 14.8 Å². The van der Waals surface area contributed by atoms with Gasteiger partial charge in [0.1, 0.15) is 12.1 Å². The Balaban J connectivity index is 2.47. The van der Waals surface area contributed by atoms with Crippen molar-refractivity contribution in [2.45, 2.75) is 0 Å². The van der Waals surface area contributed by atoms with Gasteiger partial charge in [-0.05, 0) is 40.8 Å². The quantitative estimate of drug-likeness (QED) is 0.756. The Bertz CT molecular complexity index is 467. The number of aromatic nitrogens is 3. The molecule has 0 unspecified atom stereocenters. The zero-order valence-corrected chi connectivity index (χ0v) is 9.56. The first-order valence-electron chi connectivity index (χ1n) is 3.98. The molecular weight excluding hydrogens is 296 g/mol. The van der Waals surface area contributed by atoms with Gasteiger partial charge in [0.25, 0.3) is 0 Å². The van der Waals surface area contributed by atoms with Crippen molar-refractivity contribution in [2.75, 3.05) is 0 Å². The lowest BCUT2D eigenvalue weighted by Gasteiger charge is -1.97. The largest absolute Gasteiger partial charge is 0.255 e. The van der Waals surface area contributed by atoms with E-state index in [1.165, 1.54) is 6.07 Å². The van der Waals surface area contributed by atoms with Crippen molar-refractivity contribution < 1.29 is 4.39 Å². The van der Waals surface area contributed by atoms with Crippen LogP contribution in [-0.2, 0) is 7.05 Å². The predicted octanol–water partition coefficient (Wildman–Crippen LogP) is 2.23. The Hall–Kier alpha value is -0.980. The molecule has 1 heterocycles. The second-order valence-electron chi connectivity index (χ2n) is 2.87. The average molecular weight is 303 g/mol. The van der Waals surface area contributed by atoms with E-state index in [9.17, 15) is 4.39 Å². The molecule has 0 atom stereocenters. The lowest BCUT2D eigenvalue weighted by molar-refractivity contribution is 0.620. The molecule has 0 radical (unpaired) electrons. The standard InChI is InChI=1S/C9H7FIN3/c1-14-5-12-9(13-14)6-2-3-8(11)7(10)4-6/h2-5H,1H3. The van der Waals surface area contributed by atoms with E-state index in [-0.39, 0.29) is 5.82 Å². The first-order chi connectivity index (χ1) is 6.66. The van der Waals surface area contributed by atoms with Crippen molar-refractivity contribution >= 4 is 22.6 Å². The van der Waals surface area contributed by atoms with Gasteiger partial charge in [-0.3, -0.25) is 4.68 Å². The zero-order valence-electron chi connectivity index (χ0n) is 7.41. The van der Waals surface area contributed by atoms with Crippen LogP contribution in [0.4, 0.5) is 4.39 Å². The second kappa shape index (κ2) is 3.64. The fraction of sp³-hybridized carbons (Fsp3) is 0.111. The highest BCUT2D eigenvalue weighted by molar-refractivity contribution is 14.1. The van der Waals surface area contributed by atoms with Crippen LogP contribution >= 0.6 is 22.6 Å². The van der Waals surface area contributed by atoms with Crippen LogP contribution in [0.25, 0.3) is 11.4 Å². The van der Waals surface area contributed by atoms with Crippen molar-refractivity contribution in [3.05, 3.63) is 33.9 Å². The maximum absolute atomic E-state index is 13.2. The van der Waals surface area contributed by atoms with Crippen molar-refractivity contribution in [3.8, 4) is 11.4 Å². The lowest BCUT2D eigenvalue weighted by atomic mass is 10.2. The molecule has 0 aliphatic rings. The van der Waals surface area contributed by atoms with Crippen LogP contribution < -0.4 is 0 Å². The second-order valence-corrected chi connectivity index (χ2v) is 4.03. The van der Waals surface area contributed by atoms with Crippen molar-refractivity contribution in [3.63, 3.8) is 0 Å². The summed E-state index contributed by atoms with van der Waals surface area (Å²) >= 11 is 1.94. The van der Waals surface area contributed by atoms with E-state index >= 15 is 0 Å². The number of aryl methyl sites for hydroxylation is 1. The van der Waals surface area contributed by atoms with Gasteiger partial charge in [0, 0.05) is 16.2 Å². The third-order valence-corrected chi connectivity index (χ3v) is 2.65. The fourth-order valence-corrected chi connectivity index (χ4v) is 1.44. The predicted molar refractivity (Wildman–Crippen MR) is 59.1 cm³/mol. The van der Waals surface area contributed by atoms with Gasteiger partial charge < -0.3 is 0 Å². The summed E-state index contributed by atoms with van der Waals surface area (Å²) < 4.78 is 15.4. The molecule has 14 heavy (non-hydrogen) atoms. The fourth-order valence-electron chi connectivity index (χ4n) is 1.11. The monoisotopic (exact) mass is 303 g/mol. The highest BCUT2D eigenvalue weighted by atomic mass is 127. The average Bonchev–Trinajstić information content (AvgIpc) is 2.57. The van der Waals surface area contributed by atoms with Crippen LogP contribution in [0.5, 0.6) is 0 Å². The molecule has 2 rings (SSSR count). The summed E-state index contributed by atoms with van der Waals surface area (Å²) in [5.41, 5.74) is 0.698.